The van der Waals surface area contributed by atoms with Crippen LogP contribution in [0.5, 0.6) is 5.75 Å². The number of carbonyl (C=O) groups excluding carboxylic acids is 3. The lowest BCUT2D eigenvalue weighted by Crippen LogP contribution is -2.24. The van der Waals surface area contributed by atoms with E-state index in [0.717, 1.165) is 4.90 Å². The molecule has 0 saturated carbocycles. The van der Waals surface area contributed by atoms with Crippen LogP contribution in [0, 0.1) is 0 Å². The standard InChI is InChI=1S/C16H10ClNO4/c1-18-14(19)10-7-6-9(8-11(10)15(18)20)16(21)22-13-5-3-2-4-12(13)17/h2-8H,1H3. The maximum atomic E-state index is 12.1. The Morgan fingerprint density at radius 3 is 2.45 bits per heavy atom. The predicted molar refractivity (Wildman–Crippen MR) is 79.3 cm³/mol. The molecule has 0 aromatic heterocycles. The average Bonchev–Trinajstić information content (AvgIpc) is 2.74. The van der Waals surface area contributed by atoms with E-state index < -0.39 is 11.9 Å². The van der Waals surface area contributed by atoms with Crippen LogP contribution >= 0.6 is 11.6 Å². The van der Waals surface area contributed by atoms with Gasteiger partial charge in [-0.25, -0.2) is 4.79 Å². The first-order valence-electron chi connectivity index (χ1n) is 6.42. The molecule has 1 heterocycles. The van der Waals surface area contributed by atoms with Crippen molar-refractivity contribution in [3.63, 3.8) is 0 Å². The fraction of sp³-hybridized carbons (Fsp3) is 0.0625. The summed E-state index contributed by atoms with van der Waals surface area (Å²) in [4.78, 5) is 36.9. The molecule has 0 unspecified atom stereocenters. The lowest BCUT2D eigenvalue weighted by molar-refractivity contribution is 0.0691. The summed E-state index contributed by atoms with van der Waals surface area (Å²) in [5, 5.41) is 0.308. The highest BCUT2D eigenvalue weighted by Crippen LogP contribution is 2.26. The van der Waals surface area contributed by atoms with Crippen LogP contribution in [0.4, 0.5) is 0 Å². The summed E-state index contributed by atoms with van der Waals surface area (Å²) in [6.45, 7) is 0. The number of hydrogen-bond donors (Lipinski definition) is 0. The summed E-state index contributed by atoms with van der Waals surface area (Å²) in [7, 11) is 1.40. The topological polar surface area (TPSA) is 63.7 Å². The Labute approximate surface area is 131 Å². The number of esters is 1. The van der Waals surface area contributed by atoms with Gasteiger partial charge in [0.2, 0.25) is 0 Å². The molecule has 1 aliphatic heterocycles. The van der Waals surface area contributed by atoms with E-state index in [2.05, 4.69) is 0 Å². The Kier molecular flexibility index (Phi) is 3.42. The zero-order valence-corrected chi connectivity index (χ0v) is 12.3. The van der Waals surface area contributed by atoms with Crippen molar-refractivity contribution in [1.29, 1.82) is 0 Å². The molecule has 2 aromatic carbocycles. The van der Waals surface area contributed by atoms with Gasteiger partial charge in [0.1, 0.15) is 5.75 Å². The van der Waals surface area contributed by atoms with E-state index in [-0.39, 0.29) is 28.3 Å². The highest BCUT2D eigenvalue weighted by atomic mass is 35.5. The van der Waals surface area contributed by atoms with Crippen LogP contribution in [-0.4, -0.2) is 29.7 Å². The molecule has 2 amide bonds. The Morgan fingerprint density at radius 2 is 1.73 bits per heavy atom. The van der Waals surface area contributed by atoms with Crippen molar-refractivity contribution in [2.24, 2.45) is 0 Å². The maximum absolute atomic E-state index is 12.1. The third-order valence-electron chi connectivity index (χ3n) is 3.36. The van der Waals surface area contributed by atoms with Gasteiger partial charge in [0.05, 0.1) is 21.7 Å². The number of ether oxygens (including phenoxy) is 1. The van der Waals surface area contributed by atoms with Gasteiger partial charge >= 0.3 is 5.97 Å². The first kappa shape index (κ1) is 14.3. The molecular formula is C16H10ClNO4. The van der Waals surface area contributed by atoms with Crippen molar-refractivity contribution in [2.75, 3.05) is 7.05 Å². The van der Waals surface area contributed by atoms with E-state index in [9.17, 15) is 14.4 Å². The monoisotopic (exact) mass is 315 g/mol. The van der Waals surface area contributed by atoms with Gasteiger partial charge < -0.3 is 4.74 Å². The summed E-state index contributed by atoms with van der Waals surface area (Å²) in [5.74, 6) is -1.24. The lowest BCUT2D eigenvalue weighted by atomic mass is 10.1. The number of nitrogens with zero attached hydrogens (tertiary/aromatic N) is 1. The van der Waals surface area contributed by atoms with E-state index in [0.29, 0.717) is 5.02 Å². The second-order valence-electron chi connectivity index (χ2n) is 4.75. The second kappa shape index (κ2) is 5.27. The van der Waals surface area contributed by atoms with E-state index in [1.807, 2.05) is 0 Å². The average molecular weight is 316 g/mol. The number of benzene rings is 2. The van der Waals surface area contributed by atoms with Gasteiger partial charge in [-0.05, 0) is 30.3 Å². The number of carbonyl (C=O) groups is 3. The van der Waals surface area contributed by atoms with Gasteiger partial charge in [-0.3, -0.25) is 14.5 Å². The lowest BCUT2D eigenvalue weighted by Gasteiger charge is -2.06. The largest absolute Gasteiger partial charge is 0.421 e. The fourth-order valence-electron chi connectivity index (χ4n) is 2.17. The summed E-state index contributed by atoms with van der Waals surface area (Å²) in [6.07, 6.45) is 0. The smallest absolute Gasteiger partial charge is 0.343 e. The molecule has 1 aliphatic rings. The first-order valence-corrected chi connectivity index (χ1v) is 6.80. The van der Waals surface area contributed by atoms with E-state index in [4.69, 9.17) is 16.3 Å². The molecule has 0 spiro atoms. The van der Waals surface area contributed by atoms with Gasteiger partial charge in [0.25, 0.3) is 11.8 Å². The van der Waals surface area contributed by atoms with Crippen molar-refractivity contribution >= 4 is 29.4 Å². The molecule has 0 N–H and O–H groups in total. The summed E-state index contributed by atoms with van der Waals surface area (Å²) in [5.41, 5.74) is 0.651. The third kappa shape index (κ3) is 2.25. The van der Waals surface area contributed by atoms with Crippen LogP contribution < -0.4 is 4.74 Å². The Hall–Kier alpha value is -2.66. The number of halogens is 1. The molecule has 0 saturated heterocycles. The van der Waals surface area contributed by atoms with Crippen molar-refractivity contribution < 1.29 is 19.1 Å². The molecule has 0 radical (unpaired) electrons. The molecule has 0 fully saturated rings. The minimum absolute atomic E-state index is 0.176. The van der Waals surface area contributed by atoms with Gasteiger partial charge in [0, 0.05) is 7.05 Å². The molecule has 0 bridgehead atoms. The van der Waals surface area contributed by atoms with Crippen LogP contribution in [-0.2, 0) is 0 Å². The highest BCUT2D eigenvalue weighted by molar-refractivity contribution is 6.32. The van der Waals surface area contributed by atoms with Gasteiger partial charge in [-0.2, -0.15) is 0 Å². The van der Waals surface area contributed by atoms with Gasteiger partial charge in [0.15, 0.2) is 0 Å². The molecule has 6 heteroatoms. The van der Waals surface area contributed by atoms with Crippen molar-refractivity contribution in [3.8, 4) is 5.75 Å². The van der Waals surface area contributed by atoms with Gasteiger partial charge in [-0.15, -0.1) is 0 Å². The fourth-order valence-corrected chi connectivity index (χ4v) is 2.35. The molecular weight excluding hydrogens is 306 g/mol. The number of rotatable bonds is 2. The summed E-state index contributed by atoms with van der Waals surface area (Å²) >= 11 is 5.93. The van der Waals surface area contributed by atoms with E-state index >= 15 is 0 Å². The molecule has 3 rings (SSSR count). The van der Waals surface area contributed by atoms with Crippen LogP contribution in [0.15, 0.2) is 42.5 Å². The first-order chi connectivity index (χ1) is 10.5. The zero-order valence-electron chi connectivity index (χ0n) is 11.5. The SMILES string of the molecule is CN1C(=O)c2ccc(C(=O)Oc3ccccc3Cl)cc2C1=O. The number of fused-ring (bicyclic) bond motifs is 1. The molecule has 110 valence electrons. The van der Waals surface area contributed by atoms with Crippen molar-refractivity contribution in [1.82, 2.24) is 4.90 Å². The number of hydrogen-bond acceptors (Lipinski definition) is 4. The summed E-state index contributed by atoms with van der Waals surface area (Å²) < 4.78 is 5.20. The Morgan fingerprint density at radius 1 is 1.05 bits per heavy atom. The van der Waals surface area contributed by atoms with Crippen LogP contribution in [0.1, 0.15) is 31.1 Å². The van der Waals surface area contributed by atoms with Crippen LogP contribution in [0.2, 0.25) is 5.02 Å². The molecule has 0 aliphatic carbocycles. The van der Waals surface area contributed by atoms with Crippen LogP contribution in [0.25, 0.3) is 0 Å². The molecule has 0 atom stereocenters. The summed E-state index contributed by atoms with van der Waals surface area (Å²) in [6, 6.07) is 10.8. The zero-order chi connectivity index (χ0) is 15.9. The minimum Gasteiger partial charge on any atom is -0.421 e. The number of amides is 2. The quantitative estimate of drug-likeness (QED) is 0.485. The Bertz CT molecular complexity index is 816. The normalized spacial score (nSPS) is 13.3. The Balaban J connectivity index is 1.91. The maximum Gasteiger partial charge on any atom is 0.343 e. The number of para-hydroxylation sites is 1. The number of imide groups is 1. The molecule has 22 heavy (non-hydrogen) atoms. The molecule has 2 aromatic rings. The minimum atomic E-state index is -0.647. The van der Waals surface area contributed by atoms with E-state index in [1.165, 1.54) is 25.2 Å². The van der Waals surface area contributed by atoms with Crippen molar-refractivity contribution in [2.45, 2.75) is 0 Å². The van der Waals surface area contributed by atoms with E-state index in [1.54, 1.807) is 24.3 Å². The van der Waals surface area contributed by atoms with Gasteiger partial charge in [-0.1, -0.05) is 23.7 Å². The highest BCUT2D eigenvalue weighted by Gasteiger charge is 2.33. The van der Waals surface area contributed by atoms with Crippen molar-refractivity contribution in [3.05, 3.63) is 64.2 Å². The predicted octanol–water partition coefficient (Wildman–Crippen LogP) is 2.79. The second-order valence-corrected chi connectivity index (χ2v) is 5.16. The third-order valence-corrected chi connectivity index (χ3v) is 3.68. The molecule has 5 nitrogen and oxygen atoms in total. The van der Waals surface area contributed by atoms with Crippen LogP contribution in [0.3, 0.4) is 0 Å².